The number of rotatable bonds is 3. The summed E-state index contributed by atoms with van der Waals surface area (Å²) in [4.78, 5) is 25.4. The lowest BCUT2D eigenvalue weighted by Crippen LogP contribution is -2.33. The van der Waals surface area contributed by atoms with Crippen molar-refractivity contribution in [2.75, 3.05) is 16.8 Å². The normalized spacial score (nSPS) is 17.9. The molecule has 1 N–H and O–H groups in total. The maximum Gasteiger partial charge on any atom is 0.249 e. The number of aromatic nitrogens is 4. The van der Waals surface area contributed by atoms with Crippen molar-refractivity contribution in [3.63, 3.8) is 0 Å². The number of fused-ring (bicyclic) bond motifs is 1. The molecular formula is C16H18N6OS. The summed E-state index contributed by atoms with van der Waals surface area (Å²) in [6.45, 7) is 4.83. The molecule has 24 heavy (non-hydrogen) atoms. The van der Waals surface area contributed by atoms with Crippen LogP contribution in [-0.4, -0.2) is 38.2 Å². The highest BCUT2D eigenvalue weighted by Crippen LogP contribution is 2.33. The van der Waals surface area contributed by atoms with E-state index in [1.807, 2.05) is 13.2 Å². The molecular weight excluding hydrogens is 324 g/mol. The summed E-state index contributed by atoms with van der Waals surface area (Å²) in [5.74, 6) is 0.799. The van der Waals surface area contributed by atoms with Crippen LogP contribution in [0, 0.1) is 13.8 Å². The fourth-order valence-electron chi connectivity index (χ4n) is 3.07. The van der Waals surface area contributed by atoms with Crippen LogP contribution in [-0.2, 0) is 11.8 Å². The summed E-state index contributed by atoms with van der Waals surface area (Å²) in [6, 6.07) is -0.275. The molecule has 1 aliphatic rings. The molecule has 1 atom stereocenters. The standard InChI is InChI=1S/C16H18N6OS/c1-9-10(2)24-15-13(9)14(17-8-18-15)20-12-4-5-22(16(12)23)11-6-19-21(3)7-11/h6-8,12H,4-5H2,1-3H3,(H,17,18,20). The minimum absolute atomic E-state index is 0.0550. The Kier molecular flexibility index (Phi) is 3.49. The molecule has 1 amide bonds. The Morgan fingerprint density at radius 2 is 2.17 bits per heavy atom. The molecule has 4 heterocycles. The van der Waals surface area contributed by atoms with E-state index in [2.05, 4.69) is 34.2 Å². The fourth-order valence-corrected chi connectivity index (χ4v) is 4.07. The van der Waals surface area contributed by atoms with E-state index in [9.17, 15) is 4.79 Å². The van der Waals surface area contributed by atoms with Crippen LogP contribution in [0.3, 0.4) is 0 Å². The highest BCUT2D eigenvalue weighted by molar-refractivity contribution is 7.18. The Labute approximate surface area is 143 Å². The van der Waals surface area contributed by atoms with Gasteiger partial charge in [-0.25, -0.2) is 9.97 Å². The van der Waals surface area contributed by atoms with E-state index in [0.29, 0.717) is 6.54 Å². The van der Waals surface area contributed by atoms with Crippen molar-refractivity contribution in [3.8, 4) is 0 Å². The van der Waals surface area contributed by atoms with Crippen LogP contribution in [0.4, 0.5) is 11.5 Å². The zero-order valence-electron chi connectivity index (χ0n) is 13.8. The number of carbonyl (C=O) groups is 1. The lowest BCUT2D eigenvalue weighted by molar-refractivity contribution is -0.117. The molecule has 0 spiro atoms. The first-order chi connectivity index (χ1) is 11.5. The topological polar surface area (TPSA) is 75.9 Å². The second-order valence-electron chi connectivity index (χ2n) is 6.03. The van der Waals surface area contributed by atoms with Gasteiger partial charge in [0.15, 0.2) is 0 Å². The molecule has 8 heteroatoms. The predicted molar refractivity (Wildman–Crippen MR) is 94.5 cm³/mol. The van der Waals surface area contributed by atoms with E-state index in [1.165, 1.54) is 10.4 Å². The van der Waals surface area contributed by atoms with Gasteiger partial charge in [0.25, 0.3) is 0 Å². The fraction of sp³-hybridized carbons (Fsp3) is 0.375. The van der Waals surface area contributed by atoms with E-state index in [-0.39, 0.29) is 11.9 Å². The Balaban J connectivity index is 1.62. The molecule has 0 radical (unpaired) electrons. The Morgan fingerprint density at radius 3 is 2.92 bits per heavy atom. The van der Waals surface area contributed by atoms with Crippen molar-refractivity contribution in [1.29, 1.82) is 0 Å². The summed E-state index contributed by atoms with van der Waals surface area (Å²) in [5.41, 5.74) is 2.01. The number of carbonyl (C=O) groups excluding carboxylic acids is 1. The molecule has 7 nitrogen and oxygen atoms in total. The van der Waals surface area contributed by atoms with Gasteiger partial charge in [0.2, 0.25) is 5.91 Å². The summed E-state index contributed by atoms with van der Waals surface area (Å²) in [7, 11) is 1.85. The molecule has 4 rings (SSSR count). The molecule has 1 fully saturated rings. The molecule has 1 saturated heterocycles. The molecule has 0 aliphatic carbocycles. The molecule has 1 unspecified atom stereocenters. The van der Waals surface area contributed by atoms with Crippen LogP contribution in [0.15, 0.2) is 18.7 Å². The van der Waals surface area contributed by atoms with Crippen LogP contribution in [0.25, 0.3) is 10.2 Å². The van der Waals surface area contributed by atoms with Crippen molar-refractivity contribution >= 4 is 39.0 Å². The predicted octanol–water partition coefficient (Wildman–Crippen LogP) is 2.26. The molecule has 3 aromatic heterocycles. The second-order valence-corrected chi connectivity index (χ2v) is 7.24. The van der Waals surface area contributed by atoms with Gasteiger partial charge in [-0.1, -0.05) is 0 Å². The van der Waals surface area contributed by atoms with Crippen molar-refractivity contribution < 1.29 is 4.79 Å². The largest absolute Gasteiger partial charge is 0.358 e. The summed E-state index contributed by atoms with van der Waals surface area (Å²) < 4.78 is 1.70. The third-order valence-electron chi connectivity index (χ3n) is 4.48. The van der Waals surface area contributed by atoms with E-state index < -0.39 is 0 Å². The summed E-state index contributed by atoms with van der Waals surface area (Å²) in [6.07, 6.45) is 5.87. The number of anilines is 2. The van der Waals surface area contributed by atoms with E-state index >= 15 is 0 Å². The smallest absolute Gasteiger partial charge is 0.249 e. The maximum absolute atomic E-state index is 12.7. The van der Waals surface area contributed by atoms with Crippen molar-refractivity contribution in [2.45, 2.75) is 26.3 Å². The number of hydrogen-bond acceptors (Lipinski definition) is 6. The van der Waals surface area contributed by atoms with Gasteiger partial charge in [0.05, 0.1) is 17.3 Å². The maximum atomic E-state index is 12.7. The van der Waals surface area contributed by atoms with Gasteiger partial charge < -0.3 is 10.2 Å². The molecule has 1 aliphatic heterocycles. The number of amides is 1. The van der Waals surface area contributed by atoms with Gasteiger partial charge in [-0.2, -0.15) is 5.10 Å². The highest BCUT2D eigenvalue weighted by atomic mass is 32.1. The van der Waals surface area contributed by atoms with Crippen LogP contribution >= 0.6 is 11.3 Å². The lowest BCUT2D eigenvalue weighted by atomic mass is 10.2. The van der Waals surface area contributed by atoms with E-state index in [1.54, 1.807) is 33.4 Å². The molecule has 0 bridgehead atoms. The zero-order valence-corrected chi connectivity index (χ0v) is 14.6. The third kappa shape index (κ3) is 2.34. The Morgan fingerprint density at radius 1 is 1.33 bits per heavy atom. The number of nitrogens with one attached hydrogen (secondary N) is 1. The van der Waals surface area contributed by atoms with Gasteiger partial charge in [-0.05, 0) is 25.8 Å². The second kappa shape index (κ2) is 5.55. The molecule has 0 saturated carbocycles. The van der Waals surface area contributed by atoms with Gasteiger partial charge in [-0.3, -0.25) is 9.48 Å². The first kappa shape index (κ1) is 15.1. The minimum Gasteiger partial charge on any atom is -0.358 e. The highest BCUT2D eigenvalue weighted by Gasteiger charge is 2.33. The van der Waals surface area contributed by atoms with Crippen LogP contribution in [0.1, 0.15) is 16.9 Å². The van der Waals surface area contributed by atoms with Crippen molar-refractivity contribution in [2.24, 2.45) is 7.05 Å². The Hall–Kier alpha value is -2.48. The summed E-state index contributed by atoms with van der Waals surface area (Å²) >= 11 is 1.65. The average Bonchev–Trinajstić information content (AvgIpc) is 3.21. The first-order valence-electron chi connectivity index (χ1n) is 7.82. The monoisotopic (exact) mass is 342 g/mol. The van der Waals surface area contributed by atoms with E-state index in [0.717, 1.165) is 28.1 Å². The van der Waals surface area contributed by atoms with Gasteiger partial charge in [0.1, 0.15) is 23.0 Å². The quantitative estimate of drug-likeness (QED) is 0.790. The summed E-state index contributed by atoms with van der Waals surface area (Å²) in [5, 5.41) is 8.50. The van der Waals surface area contributed by atoms with Crippen molar-refractivity contribution in [1.82, 2.24) is 19.7 Å². The van der Waals surface area contributed by atoms with Crippen molar-refractivity contribution in [3.05, 3.63) is 29.2 Å². The van der Waals surface area contributed by atoms with Crippen LogP contribution in [0.5, 0.6) is 0 Å². The third-order valence-corrected chi connectivity index (χ3v) is 5.60. The van der Waals surface area contributed by atoms with Crippen LogP contribution < -0.4 is 10.2 Å². The number of aryl methyl sites for hydroxylation is 3. The molecule has 124 valence electrons. The first-order valence-corrected chi connectivity index (χ1v) is 8.63. The molecule has 3 aromatic rings. The molecule has 0 aromatic carbocycles. The Bertz CT molecular complexity index is 930. The minimum atomic E-state index is -0.275. The van der Waals surface area contributed by atoms with Gasteiger partial charge >= 0.3 is 0 Å². The van der Waals surface area contributed by atoms with Gasteiger partial charge in [-0.15, -0.1) is 11.3 Å². The lowest BCUT2D eigenvalue weighted by Gasteiger charge is -2.16. The van der Waals surface area contributed by atoms with Gasteiger partial charge in [0, 0.05) is 24.7 Å². The average molecular weight is 342 g/mol. The van der Waals surface area contributed by atoms with Crippen LogP contribution in [0.2, 0.25) is 0 Å². The number of hydrogen-bond donors (Lipinski definition) is 1. The number of nitrogens with zero attached hydrogens (tertiary/aromatic N) is 5. The zero-order chi connectivity index (χ0) is 16.8. The van der Waals surface area contributed by atoms with E-state index in [4.69, 9.17) is 0 Å². The SMILES string of the molecule is Cc1sc2ncnc(NC3CCN(c4cnn(C)c4)C3=O)c2c1C. The number of thiophene rings is 1.